The van der Waals surface area contributed by atoms with Crippen molar-refractivity contribution in [2.45, 2.75) is 50.9 Å². The van der Waals surface area contributed by atoms with Crippen molar-refractivity contribution < 1.29 is 13.2 Å². The molecule has 1 fully saturated rings. The second-order valence-electron chi connectivity index (χ2n) is 4.86. The van der Waals surface area contributed by atoms with Gasteiger partial charge in [-0.3, -0.25) is 0 Å². The summed E-state index contributed by atoms with van der Waals surface area (Å²) in [6, 6.07) is -0.0220. The van der Waals surface area contributed by atoms with Gasteiger partial charge in [-0.2, -0.15) is 13.2 Å². The fourth-order valence-electron chi connectivity index (χ4n) is 2.51. The van der Waals surface area contributed by atoms with Crippen LogP contribution in [0.2, 0.25) is 0 Å². The van der Waals surface area contributed by atoms with E-state index in [0.29, 0.717) is 6.42 Å². The van der Waals surface area contributed by atoms with Crippen LogP contribution in [0.15, 0.2) is 11.6 Å². The smallest absolute Gasteiger partial charge is 0.305 e. The van der Waals surface area contributed by atoms with Crippen molar-refractivity contribution >= 4 is 11.3 Å². The summed E-state index contributed by atoms with van der Waals surface area (Å²) in [5.74, 6) is -1.15. The van der Waals surface area contributed by atoms with Crippen LogP contribution in [0.1, 0.15) is 43.7 Å². The molecule has 0 radical (unpaired) electrons. The van der Waals surface area contributed by atoms with Crippen molar-refractivity contribution in [1.82, 2.24) is 10.3 Å². The number of nitrogens with one attached hydrogen (secondary N) is 1. The van der Waals surface area contributed by atoms with Crippen LogP contribution in [-0.4, -0.2) is 17.2 Å². The second-order valence-corrected chi connectivity index (χ2v) is 5.79. The average molecular weight is 278 g/mol. The van der Waals surface area contributed by atoms with Gasteiger partial charge in [0.2, 0.25) is 0 Å². The van der Waals surface area contributed by atoms with Crippen LogP contribution in [0, 0.1) is 5.92 Å². The largest absolute Gasteiger partial charge is 0.391 e. The minimum Gasteiger partial charge on any atom is -0.305 e. The van der Waals surface area contributed by atoms with Crippen molar-refractivity contribution in [3.05, 3.63) is 16.6 Å². The van der Waals surface area contributed by atoms with Gasteiger partial charge < -0.3 is 5.32 Å². The van der Waals surface area contributed by atoms with Crippen LogP contribution in [0.4, 0.5) is 13.2 Å². The molecule has 1 aromatic rings. The summed E-state index contributed by atoms with van der Waals surface area (Å²) in [6.07, 6.45) is -0.399. The summed E-state index contributed by atoms with van der Waals surface area (Å²) in [5, 5.41) is 6.09. The molecule has 2 nitrogen and oxygen atoms in total. The Hall–Kier alpha value is -0.620. The highest BCUT2D eigenvalue weighted by molar-refractivity contribution is 7.09. The van der Waals surface area contributed by atoms with Crippen molar-refractivity contribution in [2.75, 3.05) is 0 Å². The zero-order chi connectivity index (χ0) is 13.2. The molecule has 0 aliphatic heterocycles. The van der Waals surface area contributed by atoms with E-state index in [0.717, 1.165) is 11.4 Å². The number of nitrogens with zero attached hydrogens (tertiary/aromatic N) is 1. The molecular formula is C12H17F3N2S. The van der Waals surface area contributed by atoms with Gasteiger partial charge in [0.15, 0.2) is 0 Å². The predicted octanol–water partition coefficient (Wildman–Crippen LogP) is 3.91. The molecule has 18 heavy (non-hydrogen) atoms. The minimum absolute atomic E-state index is 0.0296. The van der Waals surface area contributed by atoms with Crippen LogP contribution < -0.4 is 5.32 Å². The van der Waals surface area contributed by atoms with Gasteiger partial charge in [0.25, 0.3) is 0 Å². The maximum atomic E-state index is 12.7. The Kier molecular flexibility index (Phi) is 4.27. The lowest BCUT2D eigenvalue weighted by molar-refractivity contribution is -0.183. The number of alkyl halides is 3. The number of hydrogen-bond donors (Lipinski definition) is 1. The summed E-state index contributed by atoms with van der Waals surface area (Å²) >= 11 is 1.53. The molecule has 6 heteroatoms. The molecule has 1 aromatic heterocycles. The van der Waals surface area contributed by atoms with Crippen LogP contribution in [0.3, 0.4) is 0 Å². The third-order valence-corrected chi connectivity index (χ3v) is 4.40. The van der Waals surface area contributed by atoms with E-state index in [-0.39, 0.29) is 24.9 Å². The van der Waals surface area contributed by atoms with E-state index in [1.807, 2.05) is 12.3 Å². The molecule has 0 aromatic carbocycles. The Balaban J connectivity index is 1.90. The maximum Gasteiger partial charge on any atom is 0.391 e. The summed E-state index contributed by atoms with van der Waals surface area (Å²) in [7, 11) is 0. The lowest BCUT2D eigenvalue weighted by Gasteiger charge is -2.32. The van der Waals surface area contributed by atoms with E-state index in [1.54, 1.807) is 6.20 Å². The summed E-state index contributed by atoms with van der Waals surface area (Å²) in [5.41, 5.74) is 0. The molecule has 1 aliphatic carbocycles. The van der Waals surface area contributed by atoms with E-state index in [1.165, 1.54) is 11.3 Å². The third-order valence-electron chi connectivity index (χ3n) is 3.44. The zero-order valence-electron chi connectivity index (χ0n) is 10.2. The molecule has 0 amide bonds. The predicted molar refractivity (Wildman–Crippen MR) is 65.5 cm³/mol. The number of thiazole rings is 1. The van der Waals surface area contributed by atoms with E-state index >= 15 is 0 Å². The summed E-state index contributed by atoms with van der Waals surface area (Å²) in [6.45, 7) is 1.95. The first-order chi connectivity index (χ1) is 8.47. The third kappa shape index (κ3) is 3.45. The van der Waals surface area contributed by atoms with Crippen LogP contribution in [-0.2, 0) is 0 Å². The van der Waals surface area contributed by atoms with Gasteiger partial charge in [0.05, 0.1) is 12.0 Å². The average Bonchev–Trinajstić information content (AvgIpc) is 2.81. The molecule has 1 heterocycles. The van der Waals surface area contributed by atoms with Crippen molar-refractivity contribution in [2.24, 2.45) is 5.92 Å². The molecule has 0 saturated heterocycles. The highest BCUT2D eigenvalue weighted by Gasteiger charge is 2.42. The normalized spacial score (nSPS) is 27.1. The van der Waals surface area contributed by atoms with Crippen molar-refractivity contribution in [3.63, 3.8) is 0 Å². The Bertz CT molecular complexity index is 364. The molecule has 3 atom stereocenters. The van der Waals surface area contributed by atoms with Gasteiger partial charge in [-0.05, 0) is 26.2 Å². The van der Waals surface area contributed by atoms with Crippen LogP contribution in [0.5, 0.6) is 0 Å². The monoisotopic (exact) mass is 278 g/mol. The molecule has 102 valence electrons. The first-order valence-electron chi connectivity index (χ1n) is 6.19. The van der Waals surface area contributed by atoms with E-state index in [4.69, 9.17) is 0 Å². The lowest BCUT2D eigenvalue weighted by Crippen LogP contribution is -2.39. The summed E-state index contributed by atoms with van der Waals surface area (Å²) in [4.78, 5) is 4.18. The molecule has 1 aliphatic rings. The molecule has 3 unspecified atom stereocenters. The standard InChI is InChI=1S/C12H17F3N2S/c1-8(11-16-5-6-18-11)17-10-4-2-3-9(7-10)12(13,14)15/h5-6,8-10,17H,2-4,7H2,1H3. The fraction of sp³-hybridized carbons (Fsp3) is 0.750. The van der Waals surface area contributed by atoms with Crippen molar-refractivity contribution in [3.8, 4) is 0 Å². The molecule has 2 rings (SSSR count). The topological polar surface area (TPSA) is 24.9 Å². The Morgan fingerprint density at radius 3 is 2.83 bits per heavy atom. The highest BCUT2D eigenvalue weighted by atomic mass is 32.1. The quantitative estimate of drug-likeness (QED) is 0.906. The van der Waals surface area contributed by atoms with Gasteiger partial charge in [0, 0.05) is 17.6 Å². The second kappa shape index (κ2) is 5.57. The Morgan fingerprint density at radius 1 is 1.44 bits per heavy atom. The van der Waals surface area contributed by atoms with Gasteiger partial charge in [-0.25, -0.2) is 4.98 Å². The van der Waals surface area contributed by atoms with Crippen molar-refractivity contribution in [1.29, 1.82) is 0 Å². The van der Waals surface area contributed by atoms with Gasteiger partial charge in [-0.1, -0.05) is 6.42 Å². The molecular weight excluding hydrogens is 261 g/mol. The zero-order valence-corrected chi connectivity index (χ0v) is 11.0. The molecule has 0 bridgehead atoms. The minimum atomic E-state index is -4.05. The Labute approximate surface area is 109 Å². The highest BCUT2D eigenvalue weighted by Crippen LogP contribution is 2.38. The molecule has 0 spiro atoms. The van der Waals surface area contributed by atoms with Crippen LogP contribution in [0.25, 0.3) is 0 Å². The van der Waals surface area contributed by atoms with E-state index in [9.17, 15) is 13.2 Å². The fourth-order valence-corrected chi connectivity index (χ4v) is 3.17. The SMILES string of the molecule is CC(NC1CCCC(C(F)(F)F)C1)c1nccs1. The van der Waals surface area contributed by atoms with Crippen LogP contribution >= 0.6 is 11.3 Å². The Morgan fingerprint density at radius 2 is 2.22 bits per heavy atom. The van der Waals surface area contributed by atoms with Gasteiger partial charge >= 0.3 is 6.18 Å². The van der Waals surface area contributed by atoms with Gasteiger partial charge in [0.1, 0.15) is 5.01 Å². The number of aromatic nitrogens is 1. The maximum absolute atomic E-state index is 12.7. The first kappa shape index (κ1) is 13.8. The molecule has 1 saturated carbocycles. The summed E-state index contributed by atoms with van der Waals surface area (Å²) < 4.78 is 38.1. The number of rotatable bonds is 3. The first-order valence-corrected chi connectivity index (χ1v) is 7.07. The van der Waals surface area contributed by atoms with Gasteiger partial charge in [-0.15, -0.1) is 11.3 Å². The lowest BCUT2D eigenvalue weighted by atomic mass is 9.85. The van der Waals surface area contributed by atoms with E-state index in [2.05, 4.69) is 10.3 Å². The number of hydrogen-bond acceptors (Lipinski definition) is 3. The number of halogens is 3. The van der Waals surface area contributed by atoms with E-state index < -0.39 is 12.1 Å². The molecule has 1 N–H and O–H groups in total.